The number of carbonyl (C=O) groups is 2. The van der Waals surface area contributed by atoms with Gasteiger partial charge < -0.3 is 0 Å². The molecule has 1 aromatic rings. The van der Waals surface area contributed by atoms with Gasteiger partial charge >= 0.3 is 0 Å². The molecular formula is C35H46O2. The summed E-state index contributed by atoms with van der Waals surface area (Å²) in [7, 11) is 0. The molecule has 0 fully saturated rings. The minimum atomic E-state index is -0.0687. The van der Waals surface area contributed by atoms with Crippen LogP contribution in [0.5, 0.6) is 0 Å². The van der Waals surface area contributed by atoms with E-state index in [4.69, 9.17) is 0 Å². The minimum Gasteiger partial charge on any atom is -0.289 e. The summed E-state index contributed by atoms with van der Waals surface area (Å²) >= 11 is 0. The van der Waals surface area contributed by atoms with E-state index in [1.54, 1.807) is 18.2 Å². The highest BCUT2D eigenvalue weighted by atomic mass is 16.1. The van der Waals surface area contributed by atoms with E-state index in [1.165, 1.54) is 33.9 Å². The Morgan fingerprint density at radius 1 is 0.595 bits per heavy atom. The molecule has 0 heterocycles. The van der Waals surface area contributed by atoms with Crippen LogP contribution in [-0.2, 0) is 0 Å². The molecule has 0 aliphatic heterocycles. The second-order valence-corrected chi connectivity index (χ2v) is 10.8. The Morgan fingerprint density at radius 2 is 1.03 bits per heavy atom. The number of ketones is 2. The molecule has 198 valence electrons. The van der Waals surface area contributed by atoms with E-state index in [2.05, 4.69) is 71.9 Å². The molecule has 0 amide bonds. The average molecular weight is 499 g/mol. The van der Waals surface area contributed by atoms with Crippen molar-refractivity contribution in [2.75, 3.05) is 0 Å². The van der Waals surface area contributed by atoms with E-state index in [0.717, 1.165) is 51.4 Å². The molecule has 0 radical (unpaired) electrons. The lowest BCUT2D eigenvalue weighted by Gasteiger charge is -2.14. The van der Waals surface area contributed by atoms with Gasteiger partial charge in [0.15, 0.2) is 11.6 Å². The zero-order valence-electron chi connectivity index (χ0n) is 24.0. The Hall–Kier alpha value is -3.00. The molecule has 1 aromatic carbocycles. The highest BCUT2D eigenvalue weighted by Gasteiger charge is 2.24. The van der Waals surface area contributed by atoms with Crippen LogP contribution in [0.3, 0.4) is 0 Å². The third-order valence-electron chi connectivity index (χ3n) is 6.89. The summed E-state index contributed by atoms with van der Waals surface area (Å²) in [5.41, 5.74) is 8.69. The molecule has 0 spiro atoms. The summed E-state index contributed by atoms with van der Waals surface area (Å²) in [6.45, 7) is 13.1. The molecule has 0 aromatic heterocycles. The summed E-state index contributed by atoms with van der Waals surface area (Å²) in [6, 6.07) is 7.08. The average Bonchev–Trinajstić information content (AvgIpc) is 2.85. The van der Waals surface area contributed by atoms with E-state index in [0.29, 0.717) is 23.1 Å². The van der Waals surface area contributed by atoms with Crippen LogP contribution in [0.2, 0.25) is 0 Å². The van der Waals surface area contributed by atoms with E-state index >= 15 is 0 Å². The summed E-state index contributed by atoms with van der Waals surface area (Å²) in [4.78, 5) is 25.0. The summed E-state index contributed by atoms with van der Waals surface area (Å²) in [5, 5.41) is 0. The zero-order chi connectivity index (χ0) is 27.2. The third kappa shape index (κ3) is 11.3. The second-order valence-electron chi connectivity index (χ2n) is 10.8. The Bertz CT molecular complexity index is 1130. The fourth-order valence-electron chi connectivity index (χ4n) is 4.44. The standard InChI is InChI=1S/C35H46O2/c1-26(2)13-9-14-27(3)15-10-16-28(4)17-11-18-29(5)19-12-20-30(6)23-24-31-25-34(36)32-21-7-8-22-33(32)35(31)37/h7-8,13,15,17,19,21-23,25H,9-12,14,16,18,20,24H2,1-6H3/b27-15+,28-17+,29-19+,30-23+. The van der Waals surface area contributed by atoms with Gasteiger partial charge in [-0.05, 0) is 105 Å². The van der Waals surface area contributed by atoms with E-state index in [-0.39, 0.29) is 11.6 Å². The molecule has 1 aliphatic rings. The summed E-state index contributed by atoms with van der Waals surface area (Å²) < 4.78 is 0. The topological polar surface area (TPSA) is 34.1 Å². The van der Waals surface area contributed by atoms with Gasteiger partial charge in [-0.3, -0.25) is 9.59 Å². The predicted molar refractivity (Wildman–Crippen MR) is 159 cm³/mol. The van der Waals surface area contributed by atoms with Crippen LogP contribution in [0.25, 0.3) is 0 Å². The van der Waals surface area contributed by atoms with Gasteiger partial charge in [-0.15, -0.1) is 0 Å². The number of hydrogen-bond acceptors (Lipinski definition) is 2. The summed E-state index contributed by atoms with van der Waals surface area (Å²) in [5.74, 6) is -0.0928. The van der Waals surface area contributed by atoms with Crippen molar-refractivity contribution in [1.29, 1.82) is 0 Å². The molecule has 2 heteroatoms. The summed E-state index contributed by atoms with van der Waals surface area (Å²) in [6.07, 6.45) is 22.3. The molecule has 1 aliphatic carbocycles. The monoisotopic (exact) mass is 498 g/mol. The van der Waals surface area contributed by atoms with E-state index < -0.39 is 0 Å². The zero-order valence-corrected chi connectivity index (χ0v) is 24.0. The van der Waals surface area contributed by atoms with Crippen LogP contribution in [-0.4, -0.2) is 11.6 Å². The first-order valence-corrected chi connectivity index (χ1v) is 13.8. The lowest BCUT2D eigenvalue weighted by atomic mass is 9.88. The predicted octanol–water partition coefficient (Wildman–Crippen LogP) is 10.3. The molecule has 2 rings (SSSR count). The maximum Gasteiger partial charge on any atom is 0.190 e. The fourth-order valence-corrected chi connectivity index (χ4v) is 4.44. The van der Waals surface area contributed by atoms with Crippen molar-refractivity contribution < 1.29 is 9.59 Å². The molecule has 0 bridgehead atoms. The Balaban J connectivity index is 1.70. The Labute approximate surface area is 225 Å². The van der Waals surface area contributed by atoms with Crippen molar-refractivity contribution >= 4 is 11.6 Å². The van der Waals surface area contributed by atoms with Crippen molar-refractivity contribution in [3.8, 4) is 0 Å². The van der Waals surface area contributed by atoms with E-state index in [9.17, 15) is 9.59 Å². The Morgan fingerprint density at radius 3 is 1.51 bits per heavy atom. The third-order valence-corrected chi connectivity index (χ3v) is 6.89. The molecule has 0 atom stereocenters. The van der Waals surface area contributed by atoms with Crippen molar-refractivity contribution in [1.82, 2.24) is 0 Å². The maximum atomic E-state index is 12.7. The number of carbonyl (C=O) groups excluding carboxylic acids is 2. The van der Waals surface area contributed by atoms with Crippen molar-refractivity contribution in [2.24, 2.45) is 0 Å². The lowest BCUT2D eigenvalue weighted by molar-refractivity contribution is 0.0983. The SMILES string of the molecule is CC(C)=CCC/C(C)=C/CC/C(C)=C/CC/C(C)=C/CC/C(C)=C/CC1=CC(=O)c2ccccc2C1=O. The van der Waals surface area contributed by atoms with Gasteiger partial charge in [0, 0.05) is 16.7 Å². The van der Waals surface area contributed by atoms with Crippen LogP contribution >= 0.6 is 0 Å². The molecule has 0 saturated carbocycles. The second kappa shape index (κ2) is 16.0. The van der Waals surface area contributed by atoms with Crippen molar-refractivity contribution in [3.63, 3.8) is 0 Å². The smallest absolute Gasteiger partial charge is 0.190 e. The van der Waals surface area contributed by atoms with Crippen LogP contribution < -0.4 is 0 Å². The normalized spacial score (nSPS) is 15.0. The van der Waals surface area contributed by atoms with Gasteiger partial charge in [-0.2, -0.15) is 0 Å². The van der Waals surface area contributed by atoms with Gasteiger partial charge in [0.25, 0.3) is 0 Å². The minimum absolute atomic E-state index is 0.0241. The molecule has 0 saturated heterocycles. The number of fused-ring (bicyclic) bond motifs is 1. The van der Waals surface area contributed by atoms with Crippen molar-refractivity contribution in [3.05, 3.63) is 105 Å². The highest BCUT2D eigenvalue weighted by molar-refractivity contribution is 6.24. The fraction of sp³-hybridized carbons (Fsp3) is 0.429. The van der Waals surface area contributed by atoms with Gasteiger partial charge in [0.2, 0.25) is 0 Å². The number of allylic oxidation sites excluding steroid dienone is 12. The molecule has 0 N–H and O–H groups in total. The number of Topliss-reactive ketones (excluding diaryl/α,β-unsaturated/α-hetero) is 1. The van der Waals surface area contributed by atoms with Gasteiger partial charge in [0.1, 0.15) is 0 Å². The molecule has 0 unspecified atom stereocenters. The number of rotatable bonds is 14. The first-order valence-electron chi connectivity index (χ1n) is 13.8. The maximum absolute atomic E-state index is 12.7. The van der Waals surface area contributed by atoms with Crippen LogP contribution in [0, 0.1) is 0 Å². The van der Waals surface area contributed by atoms with E-state index in [1.807, 2.05) is 6.07 Å². The van der Waals surface area contributed by atoms with Crippen molar-refractivity contribution in [2.45, 2.75) is 99.3 Å². The first kappa shape index (κ1) is 30.2. The molecular weight excluding hydrogens is 452 g/mol. The largest absolute Gasteiger partial charge is 0.289 e. The quantitative estimate of drug-likeness (QED) is 0.239. The van der Waals surface area contributed by atoms with Crippen LogP contribution in [0.4, 0.5) is 0 Å². The highest BCUT2D eigenvalue weighted by Crippen LogP contribution is 2.24. The number of hydrogen-bond donors (Lipinski definition) is 0. The lowest BCUT2D eigenvalue weighted by Crippen LogP contribution is -2.16. The van der Waals surface area contributed by atoms with Gasteiger partial charge in [-0.25, -0.2) is 0 Å². The number of benzene rings is 1. The Kier molecular flexibility index (Phi) is 13.0. The van der Waals surface area contributed by atoms with Gasteiger partial charge in [-0.1, -0.05) is 82.5 Å². The van der Waals surface area contributed by atoms with Crippen LogP contribution in [0.15, 0.2) is 94.2 Å². The molecule has 2 nitrogen and oxygen atoms in total. The van der Waals surface area contributed by atoms with Crippen LogP contribution in [0.1, 0.15) is 120 Å². The first-order chi connectivity index (χ1) is 17.7. The van der Waals surface area contributed by atoms with Gasteiger partial charge in [0.05, 0.1) is 0 Å². The molecule has 37 heavy (non-hydrogen) atoms.